The lowest BCUT2D eigenvalue weighted by molar-refractivity contribution is -0.145. The van der Waals surface area contributed by atoms with Gasteiger partial charge in [-0.05, 0) is 25.2 Å². The van der Waals surface area contributed by atoms with Crippen LogP contribution in [0.5, 0.6) is 0 Å². The molecule has 0 aliphatic carbocycles. The van der Waals surface area contributed by atoms with Gasteiger partial charge in [-0.25, -0.2) is 0 Å². The van der Waals surface area contributed by atoms with E-state index >= 15 is 0 Å². The van der Waals surface area contributed by atoms with Gasteiger partial charge in [-0.15, -0.1) is 0 Å². The maximum atomic E-state index is 11.3. The second-order valence-electron chi connectivity index (χ2n) is 4.07. The molecule has 1 atom stereocenters. The number of rotatable bonds is 10. The van der Waals surface area contributed by atoms with E-state index in [-0.39, 0.29) is 5.97 Å². The molecule has 0 aliphatic rings. The summed E-state index contributed by atoms with van der Waals surface area (Å²) in [5.41, 5.74) is 0. The van der Waals surface area contributed by atoms with E-state index in [9.17, 15) is 4.79 Å². The Bertz CT molecular complexity index is 174. The molecule has 0 aliphatic heterocycles. The minimum absolute atomic E-state index is 0.0705. The number of carbonyl (C=O) groups is 1. The van der Waals surface area contributed by atoms with Crippen molar-refractivity contribution in [3.63, 3.8) is 0 Å². The third-order valence-electron chi connectivity index (χ3n) is 2.36. The highest BCUT2D eigenvalue weighted by Crippen LogP contribution is 2.06. The lowest BCUT2D eigenvalue weighted by atomic mass is 10.1. The first-order chi connectivity index (χ1) is 7.70. The van der Waals surface area contributed by atoms with Crippen LogP contribution in [-0.2, 0) is 14.3 Å². The highest BCUT2D eigenvalue weighted by atomic mass is 79.9. The SMILES string of the molecule is COCCC(C)COC(=O)CCCCCBr. The van der Waals surface area contributed by atoms with Crippen LogP contribution in [0.15, 0.2) is 0 Å². The van der Waals surface area contributed by atoms with Crippen LogP contribution in [0.3, 0.4) is 0 Å². The van der Waals surface area contributed by atoms with Gasteiger partial charge in [-0.1, -0.05) is 29.3 Å². The molecule has 0 fully saturated rings. The summed E-state index contributed by atoms with van der Waals surface area (Å²) in [5, 5.41) is 1.01. The summed E-state index contributed by atoms with van der Waals surface area (Å²) in [6.07, 6.45) is 4.62. The topological polar surface area (TPSA) is 35.5 Å². The van der Waals surface area contributed by atoms with Crippen LogP contribution in [0.4, 0.5) is 0 Å². The molecule has 0 saturated heterocycles. The molecule has 0 radical (unpaired) electrons. The van der Waals surface area contributed by atoms with Crippen LogP contribution in [0.25, 0.3) is 0 Å². The molecule has 0 aromatic carbocycles. The molecular formula is C12H23BrO3. The van der Waals surface area contributed by atoms with Crippen molar-refractivity contribution in [3.05, 3.63) is 0 Å². The first kappa shape index (κ1) is 15.9. The fourth-order valence-electron chi connectivity index (χ4n) is 1.25. The summed E-state index contributed by atoms with van der Waals surface area (Å²) in [5.74, 6) is 0.310. The number of esters is 1. The van der Waals surface area contributed by atoms with Crippen molar-refractivity contribution >= 4 is 21.9 Å². The second kappa shape index (κ2) is 11.4. The summed E-state index contributed by atoms with van der Waals surface area (Å²) in [7, 11) is 1.68. The summed E-state index contributed by atoms with van der Waals surface area (Å²) in [6.45, 7) is 3.31. The van der Waals surface area contributed by atoms with Crippen LogP contribution >= 0.6 is 15.9 Å². The van der Waals surface area contributed by atoms with Crippen LogP contribution in [0.2, 0.25) is 0 Å². The molecule has 4 heteroatoms. The van der Waals surface area contributed by atoms with E-state index in [1.165, 1.54) is 0 Å². The Kier molecular flexibility index (Phi) is 11.3. The number of hydrogen-bond donors (Lipinski definition) is 0. The minimum atomic E-state index is -0.0705. The number of carbonyl (C=O) groups excluding carboxylic acids is 1. The number of alkyl halides is 1. The van der Waals surface area contributed by atoms with E-state index in [1.807, 2.05) is 0 Å². The normalized spacial score (nSPS) is 12.4. The lowest BCUT2D eigenvalue weighted by Crippen LogP contribution is -2.13. The molecule has 16 heavy (non-hydrogen) atoms. The van der Waals surface area contributed by atoms with Gasteiger partial charge in [0.05, 0.1) is 6.61 Å². The average molecular weight is 295 g/mol. The van der Waals surface area contributed by atoms with E-state index in [2.05, 4.69) is 22.9 Å². The van der Waals surface area contributed by atoms with Gasteiger partial charge in [-0.3, -0.25) is 4.79 Å². The molecule has 1 unspecified atom stereocenters. The maximum Gasteiger partial charge on any atom is 0.305 e. The molecule has 0 rings (SSSR count). The fraction of sp³-hybridized carbons (Fsp3) is 0.917. The second-order valence-corrected chi connectivity index (χ2v) is 4.86. The smallest absolute Gasteiger partial charge is 0.305 e. The zero-order valence-corrected chi connectivity index (χ0v) is 11.9. The van der Waals surface area contributed by atoms with Crippen molar-refractivity contribution in [1.29, 1.82) is 0 Å². The van der Waals surface area contributed by atoms with Crippen molar-refractivity contribution in [3.8, 4) is 0 Å². The van der Waals surface area contributed by atoms with E-state index in [0.717, 1.165) is 37.6 Å². The molecule has 0 amide bonds. The number of unbranched alkanes of at least 4 members (excludes halogenated alkanes) is 2. The molecule has 0 spiro atoms. The Morgan fingerprint density at radius 3 is 2.69 bits per heavy atom. The summed E-state index contributed by atoms with van der Waals surface area (Å²) < 4.78 is 10.1. The zero-order valence-electron chi connectivity index (χ0n) is 10.3. The Labute approximate surface area is 107 Å². The number of ether oxygens (including phenoxy) is 2. The Balaban J connectivity index is 3.35. The molecule has 0 saturated carbocycles. The monoisotopic (exact) mass is 294 g/mol. The third kappa shape index (κ3) is 10.4. The Hall–Kier alpha value is -0.0900. The van der Waals surface area contributed by atoms with Gasteiger partial charge in [0.2, 0.25) is 0 Å². The predicted molar refractivity (Wildman–Crippen MR) is 68.9 cm³/mol. The van der Waals surface area contributed by atoms with Gasteiger partial charge in [0.15, 0.2) is 0 Å². The van der Waals surface area contributed by atoms with Crippen molar-refractivity contribution in [1.82, 2.24) is 0 Å². The summed E-state index contributed by atoms with van der Waals surface area (Å²) >= 11 is 3.36. The highest BCUT2D eigenvalue weighted by Gasteiger charge is 2.06. The van der Waals surface area contributed by atoms with Crippen LogP contribution in [0, 0.1) is 5.92 Å². The lowest BCUT2D eigenvalue weighted by Gasteiger charge is -2.11. The van der Waals surface area contributed by atoms with E-state index in [0.29, 0.717) is 18.9 Å². The van der Waals surface area contributed by atoms with Crippen molar-refractivity contribution < 1.29 is 14.3 Å². The Morgan fingerprint density at radius 2 is 2.06 bits per heavy atom. The fourth-order valence-corrected chi connectivity index (χ4v) is 1.65. The molecule has 0 N–H and O–H groups in total. The number of hydrogen-bond acceptors (Lipinski definition) is 3. The molecule has 0 aromatic heterocycles. The predicted octanol–water partition coefficient (Wildman–Crippen LogP) is 3.16. The number of methoxy groups -OCH3 is 1. The summed E-state index contributed by atoms with van der Waals surface area (Å²) in [4.78, 5) is 11.3. The van der Waals surface area contributed by atoms with Crippen LogP contribution < -0.4 is 0 Å². The van der Waals surface area contributed by atoms with Crippen LogP contribution in [-0.4, -0.2) is 31.6 Å². The highest BCUT2D eigenvalue weighted by molar-refractivity contribution is 9.09. The van der Waals surface area contributed by atoms with E-state index in [4.69, 9.17) is 9.47 Å². The van der Waals surface area contributed by atoms with E-state index < -0.39 is 0 Å². The van der Waals surface area contributed by atoms with Crippen molar-refractivity contribution in [2.75, 3.05) is 25.7 Å². The average Bonchev–Trinajstić information content (AvgIpc) is 2.29. The molecule has 0 bridgehead atoms. The standard InChI is InChI=1S/C12H23BrO3/c1-11(7-9-15-2)10-16-12(14)6-4-3-5-8-13/h11H,3-10H2,1-2H3. The van der Waals surface area contributed by atoms with Gasteiger partial charge in [0.25, 0.3) is 0 Å². The molecule has 3 nitrogen and oxygen atoms in total. The largest absolute Gasteiger partial charge is 0.465 e. The summed E-state index contributed by atoms with van der Waals surface area (Å²) in [6, 6.07) is 0. The first-order valence-corrected chi connectivity index (χ1v) is 7.03. The van der Waals surface area contributed by atoms with Crippen molar-refractivity contribution in [2.24, 2.45) is 5.92 Å². The van der Waals surface area contributed by atoms with Gasteiger partial charge < -0.3 is 9.47 Å². The Morgan fingerprint density at radius 1 is 1.31 bits per heavy atom. The molecular weight excluding hydrogens is 272 g/mol. The first-order valence-electron chi connectivity index (χ1n) is 5.91. The van der Waals surface area contributed by atoms with Crippen LogP contribution in [0.1, 0.15) is 39.0 Å². The van der Waals surface area contributed by atoms with Gasteiger partial charge >= 0.3 is 5.97 Å². The quantitative estimate of drug-likeness (QED) is 0.353. The van der Waals surface area contributed by atoms with E-state index in [1.54, 1.807) is 7.11 Å². The van der Waals surface area contributed by atoms with Gasteiger partial charge in [0.1, 0.15) is 0 Å². The molecule has 0 aromatic rings. The number of halogens is 1. The van der Waals surface area contributed by atoms with Gasteiger partial charge in [0, 0.05) is 25.5 Å². The zero-order chi connectivity index (χ0) is 12.2. The maximum absolute atomic E-state index is 11.3. The third-order valence-corrected chi connectivity index (χ3v) is 2.92. The minimum Gasteiger partial charge on any atom is -0.465 e. The molecule has 0 heterocycles. The molecule has 96 valence electrons. The van der Waals surface area contributed by atoms with Crippen molar-refractivity contribution in [2.45, 2.75) is 39.0 Å². The van der Waals surface area contributed by atoms with Gasteiger partial charge in [-0.2, -0.15) is 0 Å².